The fourth-order valence-corrected chi connectivity index (χ4v) is 1.68. The summed E-state index contributed by atoms with van der Waals surface area (Å²) in [7, 11) is 0. The second-order valence-electron chi connectivity index (χ2n) is 5.35. The molecule has 2 N–H and O–H groups in total. The number of benzene rings is 1. The third-order valence-electron chi connectivity index (χ3n) is 3.45. The molecule has 0 bridgehead atoms. The lowest BCUT2D eigenvalue weighted by Gasteiger charge is -2.23. The van der Waals surface area contributed by atoms with Gasteiger partial charge in [0.15, 0.2) is 6.40 Å². The summed E-state index contributed by atoms with van der Waals surface area (Å²) in [4.78, 5) is 4.72. The Kier molecular flexibility index (Phi) is 7.91. The van der Waals surface area contributed by atoms with Gasteiger partial charge in [0.1, 0.15) is 5.75 Å². The molecule has 1 aromatic carbocycles. The Bertz CT molecular complexity index is 471. The highest BCUT2D eigenvalue weighted by Gasteiger charge is 2.17. The van der Waals surface area contributed by atoms with E-state index in [1.165, 1.54) is 5.56 Å². The lowest BCUT2D eigenvalue weighted by atomic mass is 9.82. The molecule has 122 valence electrons. The molecule has 1 rings (SSSR count). The summed E-state index contributed by atoms with van der Waals surface area (Å²) in [5.41, 5.74) is 5.27. The van der Waals surface area contributed by atoms with Crippen LogP contribution in [-0.4, -0.2) is 19.6 Å². The van der Waals surface area contributed by atoms with Gasteiger partial charge in [0.05, 0.1) is 6.61 Å². The summed E-state index contributed by atoms with van der Waals surface area (Å²) in [5, 5.41) is 9.42. The molecule has 7 nitrogen and oxygen atoms in total. The van der Waals surface area contributed by atoms with Crippen molar-refractivity contribution in [2.75, 3.05) is 13.2 Å². The summed E-state index contributed by atoms with van der Waals surface area (Å²) in [5.74, 6) is 5.61. The van der Waals surface area contributed by atoms with Crippen LogP contribution in [0.1, 0.15) is 39.2 Å². The van der Waals surface area contributed by atoms with Crippen molar-refractivity contribution in [1.29, 1.82) is 0 Å². The Morgan fingerprint density at radius 2 is 2.00 bits per heavy atom. The van der Waals surface area contributed by atoms with Gasteiger partial charge in [-0.25, -0.2) is 0 Å². The molecule has 0 aliphatic heterocycles. The second kappa shape index (κ2) is 9.73. The van der Waals surface area contributed by atoms with Gasteiger partial charge in [-0.1, -0.05) is 38.1 Å². The van der Waals surface area contributed by atoms with E-state index in [0.29, 0.717) is 13.2 Å². The van der Waals surface area contributed by atoms with Crippen LogP contribution in [0.2, 0.25) is 0 Å². The van der Waals surface area contributed by atoms with E-state index in [1.54, 1.807) is 0 Å². The molecular weight excluding hydrogens is 282 g/mol. The summed E-state index contributed by atoms with van der Waals surface area (Å²) in [6, 6.07) is 8.25. The highest BCUT2D eigenvalue weighted by atomic mass is 16.6. The van der Waals surface area contributed by atoms with Crippen molar-refractivity contribution >= 4 is 6.40 Å². The lowest BCUT2D eigenvalue weighted by Crippen LogP contribution is -2.15. The lowest BCUT2D eigenvalue weighted by molar-refractivity contribution is 0.306. The first-order valence-electron chi connectivity index (χ1n) is 7.28. The molecule has 0 atom stereocenters. The van der Waals surface area contributed by atoms with E-state index in [-0.39, 0.29) is 5.41 Å². The van der Waals surface area contributed by atoms with Gasteiger partial charge in [0.25, 0.3) is 0 Å². The van der Waals surface area contributed by atoms with E-state index >= 15 is 0 Å². The molecule has 0 spiro atoms. The summed E-state index contributed by atoms with van der Waals surface area (Å²) < 4.78 is 5.65. The van der Waals surface area contributed by atoms with Gasteiger partial charge in [-0.05, 0) is 41.2 Å². The summed E-state index contributed by atoms with van der Waals surface area (Å²) in [6.45, 7) is 7.75. The van der Waals surface area contributed by atoms with Crippen LogP contribution in [0.3, 0.4) is 0 Å². The van der Waals surface area contributed by atoms with Crippen LogP contribution in [-0.2, 0) is 10.3 Å². The average molecular weight is 306 g/mol. The van der Waals surface area contributed by atoms with Crippen LogP contribution in [0.25, 0.3) is 5.48 Å². The molecule has 0 saturated heterocycles. The average Bonchev–Trinajstić information content (AvgIpc) is 2.54. The van der Waals surface area contributed by atoms with E-state index in [2.05, 4.69) is 53.9 Å². The van der Waals surface area contributed by atoms with E-state index in [9.17, 15) is 0 Å². The van der Waals surface area contributed by atoms with Crippen molar-refractivity contribution in [3.63, 3.8) is 0 Å². The van der Waals surface area contributed by atoms with Gasteiger partial charge in [0, 0.05) is 0 Å². The first kappa shape index (κ1) is 17.9. The quantitative estimate of drug-likeness (QED) is 0.178. The Morgan fingerprint density at radius 3 is 2.64 bits per heavy atom. The van der Waals surface area contributed by atoms with Crippen molar-refractivity contribution in [2.45, 2.75) is 39.0 Å². The van der Waals surface area contributed by atoms with Gasteiger partial charge >= 0.3 is 0 Å². The number of hydroxylamine groups is 1. The van der Waals surface area contributed by atoms with Crippen molar-refractivity contribution in [3.05, 3.63) is 35.3 Å². The van der Waals surface area contributed by atoms with Gasteiger partial charge in [0.2, 0.25) is 0 Å². The molecular formula is C15H24N5O2-. The number of hydrogen-bond donors (Lipinski definition) is 1. The highest BCUT2D eigenvalue weighted by molar-refractivity contribution is 5.46. The third kappa shape index (κ3) is 6.53. The van der Waals surface area contributed by atoms with E-state index < -0.39 is 0 Å². The second-order valence-corrected chi connectivity index (χ2v) is 5.35. The predicted octanol–water partition coefficient (Wildman–Crippen LogP) is 3.72. The fraction of sp³-hybridized carbons (Fsp3) is 0.533. The first-order valence-corrected chi connectivity index (χ1v) is 7.28. The smallest absolute Gasteiger partial charge is 0.181 e. The van der Waals surface area contributed by atoms with Gasteiger partial charge in [-0.2, -0.15) is 0 Å². The largest absolute Gasteiger partial charge is 0.578 e. The van der Waals surface area contributed by atoms with Crippen molar-refractivity contribution < 1.29 is 9.57 Å². The van der Waals surface area contributed by atoms with Gasteiger partial charge < -0.3 is 20.9 Å². The van der Waals surface area contributed by atoms with E-state index in [4.69, 9.17) is 15.4 Å². The molecule has 0 saturated carbocycles. The fourth-order valence-electron chi connectivity index (χ4n) is 1.68. The maximum Gasteiger partial charge on any atom is 0.181 e. The van der Waals surface area contributed by atoms with Crippen LogP contribution >= 0.6 is 0 Å². The number of rotatable bonds is 10. The third-order valence-corrected chi connectivity index (χ3v) is 3.45. The van der Waals surface area contributed by atoms with Crippen molar-refractivity contribution in [1.82, 2.24) is 0 Å². The minimum Gasteiger partial charge on any atom is -0.578 e. The molecule has 7 heteroatoms. The standard InChI is InChI=1S/C15H24N5O2/c1-4-15(2,3)13-6-8-14(9-7-13)21-11-5-10-18-22-12-17-20-19-16/h6-9,12H,4-5,10-11H2,1-3H3,(H2,16,20)/q-1/b17-12+. The molecule has 0 aromatic heterocycles. The molecule has 0 fully saturated rings. The van der Waals surface area contributed by atoms with Crippen LogP contribution in [0.15, 0.2) is 39.8 Å². The molecule has 22 heavy (non-hydrogen) atoms. The topological polar surface area (TPSA) is 95.7 Å². The Hall–Kier alpha value is -2.15. The summed E-state index contributed by atoms with van der Waals surface area (Å²) in [6.07, 6.45) is 2.91. The first-order chi connectivity index (χ1) is 10.6. The Balaban J connectivity index is 2.20. The SMILES string of the molecule is CCC(C)(C)c1ccc(OCCC[N-]O/C=N/N=N/N)cc1. The normalized spacial score (nSPS) is 12.1. The molecule has 0 unspecified atom stereocenters. The Morgan fingerprint density at radius 1 is 1.27 bits per heavy atom. The van der Waals surface area contributed by atoms with Crippen molar-refractivity contribution in [3.8, 4) is 5.75 Å². The number of ether oxygens (including phenoxy) is 1. The zero-order chi connectivity index (χ0) is 16.3. The minimum absolute atomic E-state index is 0.194. The number of nitrogens with two attached hydrogens (primary N) is 1. The maximum absolute atomic E-state index is 5.65. The molecule has 0 heterocycles. The number of hydrogen-bond acceptors (Lipinski definition) is 4. The Labute approximate surface area is 131 Å². The van der Waals surface area contributed by atoms with Crippen molar-refractivity contribution in [2.24, 2.45) is 21.4 Å². The maximum atomic E-state index is 5.65. The van der Waals surface area contributed by atoms with Crippen LogP contribution in [0, 0.1) is 0 Å². The highest BCUT2D eigenvalue weighted by Crippen LogP contribution is 2.27. The molecule has 0 aliphatic carbocycles. The molecule has 0 radical (unpaired) electrons. The molecule has 0 amide bonds. The number of nitrogens with zero attached hydrogens (tertiary/aromatic N) is 4. The zero-order valence-electron chi connectivity index (χ0n) is 13.4. The van der Waals surface area contributed by atoms with Crippen LogP contribution < -0.4 is 10.6 Å². The van der Waals surface area contributed by atoms with Gasteiger partial charge in [-0.3, -0.25) is 0 Å². The molecule has 1 aromatic rings. The molecule has 0 aliphatic rings. The summed E-state index contributed by atoms with van der Waals surface area (Å²) >= 11 is 0. The van der Waals surface area contributed by atoms with Crippen LogP contribution in [0.4, 0.5) is 0 Å². The van der Waals surface area contributed by atoms with Crippen LogP contribution in [0.5, 0.6) is 5.75 Å². The predicted molar refractivity (Wildman–Crippen MR) is 86.7 cm³/mol. The monoisotopic (exact) mass is 306 g/mol. The zero-order valence-corrected chi connectivity index (χ0v) is 13.4. The minimum atomic E-state index is 0.194. The van der Waals surface area contributed by atoms with E-state index in [1.807, 2.05) is 12.1 Å². The van der Waals surface area contributed by atoms with E-state index in [0.717, 1.165) is 25.0 Å². The van der Waals surface area contributed by atoms with Gasteiger partial charge in [-0.15, -0.1) is 11.6 Å².